The number of carbonyl (C=O) groups is 1. The molecule has 3 heterocycles. The predicted octanol–water partition coefficient (Wildman–Crippen LogP) is 3.88. The molecule has 1 N–H and O–H groups in total. The molecule has 0 bridgehead atoms. The van der Waals surface area contributed by atoms with Gasteiger partial charge in [-0.15, -0.1) is 10.2 Å². The summed E-state index contributed by atoms with van der Waals surface area (Å²) < 4.78 is 1.97. The van der Waals surface area contributed by atoms with Crippen LogP contribution in [-0.4, -0.2) is 43.6 Å². The number of aryl methyl sites for hydroxylation is 1. The van der Waals surface area contributed by atoms with Gasteiger partial charge in [0.2, 0.25) is 0 Å². The van der Waals surface area contributed by atoms with Gasteiger partial charge in [0.15, 0.2) is 5.82 Å². The second kappa shape index (κ2) is 8.28. The fourth-order valence-electron chi connectivity index (χ4n) is 4.10. The van der Waals surface area contributed by atoms with E-state index < -0.39 is 0 Å². The molecule has 31 heavy (non-hydrogen) atoms. The van der Waals surface area contributed by atoms with E-state index in [0.717, 1.165) is 47.4 Å². The Balaban J connectivity index is 1.36. The van der Waals surface area contributed by atoms with Crippen molar-refractivity contribution < 1.29 is 4.79 Å². The molecular formula is C24H24N6O. The molecule has 0 unspecified atom stereocenters. The Hall–Kier alpha value is -3.58. The number of anilines is 1. The fourth-order valence-corrected chi connectivity index (χ4v) is 4.10. The third-order valence-corrected chi connectivity index (χ3v) is 5.73. The van der Waals surface area contributed by atoms with Crippen molar-refractivity contribution in [3.8, 4) is 11.3 Å². The Bertz CT molecular complexity index is 1240. The quantitative estimate of drug-likeness (QED) is 0.538. The Morgan fingerprint density at radius 2 is 1.94 bits per heavy atom. The molecule has 156 valence electrons. The Morgan fingerprint density at radius 3 is 2.74 bits per heavy atom. The lowest BCUT2D eigenvalue weighted by Crippen LogP contribution is -2.19. The van der Waals surface area contributed by atoms with Crippen LogP contribution in [0.4, 0.5) is 5.82 Å². The number of nitrogens with zero attached hydrogens (tertiary/aromatic N) is 5. The first-order valence-electron chi connectivity index (χ1n) is 10.5. The molecule has 4 aromatic rings. The van der Waals surface area contributed by atoms with Crippen molar-refractivity contribution >= 4 is 22.6 Å². The van der Waals surface area contributed by atoms with Gasteiger partial charge in [0.1, 0.15) is 0 Å². The molecule has 0 radical (unpaired) electrons. The van der Waals surface area contributed by atoms with E-state index in [1.54, 1.807) is 6.33 Å². The minimum Gasteiger partial charge on any atom is -0.334 e. The highest BCUT2D eigenvalue weighted by molar-refractivity contribution is 6.04. The highest BCUT2D eigenvalue weighted by Gasteiger charge is 2.14. The van der Waals surface area contributed by atoms with Gasteiger partial charge in [0.25, 0.3) is 5.91 Å². The van der Waals surface area contributed by atoms with E-state index in [1.807, 2.05) is 60.3 Å². The maximum absolute atomic E-state index is 12.8. The van der Waals surface area contributed by atoms with Crippen LogP contribution in [0.5, 0.6) is 0 Å². The van der Waals surface area contributed by atoms with E-state index in [-0.39, 0.29) is 5.91 Å². The number of rotatable bonds is 5. The van der Waals surface area contributed by atoms with Crippen molar-refractivity contribution in [1.82, 2.24) is 24.6 Å². The molecule has 2 aromatic heterocycles. The maximum atomic E-state index is 12.8. The van der Waals surface area contributed by atoms with Crippen LogP contribution >= 0.6 is 0 Å². The zero-order chi connectivity index (χ0) is 21.2. The maximum Gasteiger partial charge on any atom is 0.256 e. The molecule has 1 fully saturated rings. The van der Waals surface area contributed by atoms with Gasteiger partial charge in [-0.1, -0.05) is 18.2 Å². The van der Waals surface area contributed by atoms with Gasteiger partial charge in [0, 0.05) is 30.1 Å². The van der Waals surface area contributed by atoms with Crippen molar-refractivity contribution in [2.24, 2.45) is 7.05 Å². The number of hydrogen-bond acceptors (Lipinski definition) is 5. The summed E-state index contributed by atoms with van der Waals surface area (Å²) in [5.74, 6) is 0.254. The second-order valence-electron chi connectivity index (χ2n) is 8.03. The topological polar surface area (TPSA) is 75.9 Å². The SMILES string of the molecule is Cn1cncc1-c1ccc2nnc(NC(=O)c3cccc(CN4CCCC4)c3)cc2c1. The zero-order valence-corrected chi connectivity index (χ0v) is 17.5. The van der Waals surface area contributed by atoms with E-state index in [4.69, 9.17) is 0 Å². The van der Waals surface area contributed by atoms with Crippen LogP contribution in [0.1, 0.15) is 28.8 Å². The van der Waals surface area contributed by atoms with Crippen LogP contribution in [-0.2, 0) is 13.6 Å². The number of likely N-dealkylation sites (tertiary alicyclic amines) is 1. The summed E-state index contributed by atoms with van der Waals surface area (Å²) in [6.07, 6.45) is 6.10. The first kappa shape index (κ1) is 19.4. The predicted molar refractivity (Wildman–Crippen MR) is 121 cm³/mol. The number of imidazole rings is 1. The number of carbonyl (C=O) groups excluding carboxylic acids is 1. The minimum absolute atomic E-state index is 0.181. The number of hydrogen-bond donors (Lipinski definition) is 1. The van der Waals surface area contributed by atoms with Gasteiger partial charge in [-0.25, -0.2) is 4.98 Å². The molecule has 1 saturated heterocycles. The largest absolute Gasteiger partial charge is 0.334 e. The van der Waals surface area contributed by atoms with Gasteiger partial charge < -0.3 is 9.88 Å². The van der Waals surface area contributed by atoms with Crippen LogP contribution in [0.3, 0.4) is 0 Å². The summed E-state index contributed by atoms with van der Waals surface area (Å²) in [4.78, 5) is 19.4. The highest BCUT2D eigenvalue weighted by Crippen LogP contribution is 2.24. The summed E-state index contributed by atoms with van der Waals surface area (Å²) in [5.41, 5.74) is 4.60. The number of amides is 1. The van der Waals surface area contributed by atoms with Crippen LogP contribution in [0.25, 0.3) is 22.2 Å². The molecule has 2 aromatic carbocycles. The highest BCUT2D eigenvalue weighted by atomic mass is 16.1. The van der Waals surface area contributed by atoms with Crippen molar-refractivity contribution in [3.05, 3.63) is 72.2 Å². The van der Waals surface area contributed by atoms with Gasteiger partial charge in [-0.3, -0.25) is 9.69 Å². The monoisotopic (exact) mass is 412 g/mol. The van der Waals surface area contributed by atoms with E-state index in [2.05, 4.69) is 31.5 Å². The molecule has 1 amide bonds. The molecule has 5 rings (SSSR count). The molecule has 0 aliphatic carbocycles. The summed E-state index contributed by atoms with van der Waals surface area (Å²) in [7, 11) is 1.96. The van der Waals surface area contributed by atoms with E-state index in [9.17, 15) is 4.79 Å². The van der Waals surface area contributed by atoms with Crippen LogP contribution in [0.2, 0.25) is 0 Å². The average molecular weight is 412 g/mol. The summed E-state index contributed by atoms with van der Waals surface area (Å²) >= 11 is 0. The van der Waals surface area contributed by atoms with Crippen LogP contribution < -0.4 is 5.32 Å². The van der Waals surface area contributed by atoms with Gasteiger partial charge in [-0.2, -0.15) is 0 Å². The normalized spacial score (nSPS) is 14.2. The first-order chi connectivity index (χ1) is 15.2. The lowest BCUT2D eigenvalue weighted by atomic mass is 10.1. The lowest BCUT2D eigenvalue weighted by Gasteiger charge is -2.15. The van der Waals surface area contributed by atoms with Crippen molar-refractivity contribution in [2.75, 3.05) is 18.4 Å². The van der Waals surface area contributed by atoms with Crippen molar-refractivity contribution in [3.63, 3.8) is 0 Å². The van der Waals surface area contributed by atoms with Gasteiger partial charge in [-0.05, 0) is 61.8 Å². The van der Waals surface area contributed by atoms with Gasteiger partial charge >= 0.3 is 0 Å². The average Bonchev–Trinajstić information content (AvgIpc) is 3.45. The number of aromatic nitrogens is 4. The lowest BCUT2D eigenvalue weighted by molar-refractivity contribution is 0.102. The molecule has 7 nitrogen and oxygen atoms in total. The fraction of sp³-hybridized carbons (Fsp3) is 0.250. The third-order valence-electron chi connectivity index (χ3n) is 5.73. The van der Waals surface area contributed by atoms with E-state index >= 15 is 0 Å². The molecule has 0 spiro atoms. The zero-order valence-electron chi connectivity index (χ0n) is 17.5. The first-order valence-corrected chi connectivity index (χ1v) is 10.5. The van der Waals surface area contributed by atoms with E-state index in [0.29, 0.717) is 11.4 Å². The van der Waals surface area contributed by atoms with Crippen molar-refractivity contribution in [1.29, 1.82) is 0 Å². The summed E-state index contributed by atoms with van der Waals surface area (Å²) in [6.45, 7) is 3.14. The summed E-state index contributed by atoms with van der Waals surface area (Å²) in [5, 5.41) is 12.2. The number of nitrogens with one attached hydrogen (secondary N) is 1. The Morgan fingerprint density at radius 1 is 1.06 bits per heavy atom. The minimum atomic E-state index is -0.181. The Labute approximate surface area is 180 Å². The van der Waals surface area contributed by atoms with Crippen LogP contribution in [0, 0.1) is 0 Å². The number of fused-ring (bicyclic) bond motifs is 1. The molecular weight excluding hydrogens is 388 g/mol. The third kappa shape index (κ3) is 4.18. The van der Waals surface area contributed by atoms with Gasteiger partial charge in [0.05, 0.1) is 23.7 Å². The summed E-state index contributed by atoms with van der Waals surface area (Å²) in [6, 6.07) is 15.6. The standard InChI is InChI=1S/C24H24N6O/c1-29-16-25-14-22(29)18-7-8-21-20(12-18)13-23(28-27-21)26-24(31)19-6-4-5-17(11-19)15-30-9-2-3-10-30/h4-8,11-14,16H,2-3,9-10,15H2,1H3,(H,26,28,31). The second-order valence-corrected chi connectivity index (χ2v) is 8.03. The molecule has 0 atom stereocenters. The Kier molecular flexibility index (Phi) is 5.18. The molecule has 1 aliphatic rings. The smallest absolute Gasteiger partial charge is 0.256 e. The van der Waals surface area contributed by atoms with E-state index in [1.165, 1.54) is 12.8 Å². The van der Waals surface area contributed by atoms with Crippen molar-refractivity contribution in [2.45, 2.75) is 19.4 Å². The number of benzene rings is 2. The van der Waals surface area contributed by atoms with Crippen LogP contribution in [0.15, 0.2) is 61.1 Å². The molecule has 1 aliphatic heterocycles. The molecule has 7 heteroatoms. The molecule has 0 saturated carbocycles.